The van der Waals surface area contributed by atoms with Crippen LogP contribution in [0.15, 0.2) is 48.8 Å². The molecule has 7 heteroatoms. The van der Waals surface area contributed by atoms with E-state index < -0.39 is 6.17 Å². The first kappa shape index (κ1) is 17.6. The van der Waals surface area contributed by atoms with Crippen LogP contribution in [0.1, 0.15) is 18.8 Å². The van der Waals surface area contributed by atoms with Gasteiger partial charge in [0, 0.05) is 23.4 Å². The van der Waals surface area contributed by atoms with Crippen molar-refractivity contribution in [3.05, 3.63) is 54.5 Å². The second-order valence-electron chi connectivity index (χ2n) is 5.40. The van der Waals surface area contributed by atoms with Crippen molar-refractivity contribution in [1.29, 1.82) is 0 Å². The van der Waals surface area contributed by atoms with Gasteiger partial charge in [-0.05, 0) is 37.3 Å². The minimum Gasteiger partial charge on any atom is -0.481 e. The van der Waals surface area contributed by atoms with Gasteiger partial charge in [-0.3, -0.25) is 4.98 Å². The van der Waals surface area contributed by atoms with E-state index in [0.29, 0.717) is 40.2 Å². The maximum absolute atomic E-state index is 13.3. The second kappa shape index (κ2) is 7.77. The Kier molecular flexibility index (Phi) is 5.26. The van der Waals surface area contributed by atoms with Crippen LogP contribution in [0.2, 0.25) is 0 Å². The van der Waals surface area contributed by atoms with Crippen molar-refractivity contribution in [1.82, 2.24) is 15.0 Å². The third-order valence-electron chi connectivity index (χ3n) is 3.68. The van der Waals surface area contributed by atoms with Gasteiger partial charge in [-0.2, -0.15) is 4.98 Å². The summed E-state index contributed by atoms with van der Waals surface area (Å²) in [6.45, 7) is 1.43. The molecule has 3 rings (SSSR count). The minimum absolute atomic E-state index is 0.347. The number of halogens is 1. The fourth-order valence-electron chi connectivity index (χ4n) is 2.37. The molecule has 0 fully saturated rings. The van der Waals surface area contributed by atoms with E-state index in [9.17, 15) is 4.39 Å². The van der Waals surface area contributed by atoms with Gasteiger partial charge in [0.25, 0.3) is 0 Å². The predicted octanol–water partition coefficient (Wildman–Crippen LogP) is 4.38. The number of hydrogen-bond donors (Lipinski definition) is 0. The summed E-state index contributed by atoms with van der Waals surface area (Å²) in [6.07, 6.45) is 1.95. The highest BCUT2D eigenvalue weighted by atomic mass is 19.1. The summed E-state index contributed by atoms with van der Waals surface area (Å²) in [5, 5.41) is 0. The van der Waals surface area contributed by atoms with Crippen LogP contribution in [0.3, 0.4) is 0 Å². The summed E-state index contributed by atoms with van der Waals surface area (Å²) in [5.74, 6) is 1.65. The number of ether oxygens (including phenoxy) is 3. The van der Waals surface area contributed by atoms with Crippen LogP contribution < -0.4 is 14.2 Å². The highest BCUT2D eigenvalue weighted by Crippen LogP contribution is 2.36. The van der Waals surface area contributed by atoms with Crippen molar-refractivity contribution >= 4 is 0 Å². The molecule has 3 aromatic heterocycles. The molecule has 0 spiro atoms. The molecule has 3 heterocycles. The maximum atomic E-state index is 13.3. The Morgan fingerprint density at radius 1 is 0.923 bits per heavy atom. The van der Waals surface area contributed by atoms with Crippen molar-refractivity contribution < 1.29 is 18.6 Å². The molecule has 0 aliphatic rings. The fourth-order valence-corrected chi connectivity index (χ4v) is 2.37. The number of aromatic nitrogens is 3. The van der Waals surface area contributed by atoms with Gasteiger partial charge in [-0.1, -0.05) is 0 Å². The van der Waals surface area contributed by atoms with Crippen molar-refractivity contribution in [2.75, 3.05) is 14.2 Å². The molecule has 0 saturated heterocycles. The zero-order chi connectivity index (χ0) is 18.5. The molecular formula is C19H18FN3O3. The molecule has 1 unspecified atom stereocenters. The molecule has 0 saturated carbocycles. The summed E-state index contributed by atoms with van der Waals surface area (Å²) in [4.78, 5) is 12.6. The molecule has 6 nitrogen and oxygen atoms in total. The lowest BCUT2D eigenvalue weighted by atomic mass is 10.1. The van der Waals surface area contributed by atoms with Crippen LogP contribution in [0, 0.1) is 0 Å². The van der Waals surface area contributed by atoms with Gasteiger partial charge in [-0.25, -0.2) is 9.37 Å². The molecule has 3 aromatic rings. The average Bonchev–Trinajstić information content (AvgIpc) is 2.68. The molecule has 0 amide bonds. The number of nitrogens with zero attached hydrogens (tertiary/aromatic N) is 3. The van der Waals surface area contributed by atoms with Crippen molar-refractivity contribution in [2.24, 2.45) is 0 Å². The van der Waals surface area contributed by atoms with E-state index in [2.05, 4.69) is 15.0 Å². The molecule has 134 valence electrons. The number of hydrogen-bond acceptors (Lipinski definition) is 6. The Bertz CT molecular complexity index is 885. The number of rotatable bonds is 6. The molecule has 0 bridgehead atoms. The lowest BCUT2D eigenvalue weighted by Gasteiger charge is -2.13. The van der Waals surface area contributed by atoms with E-state index in [1.165, 1.54) is 27.3 Å². The zero-order valence-corrected chi connectivity index (χ0v) is 14.6. The smallest absolute Gasteiger partial charge is 0.227 e. The van der Waals surface area contributed by atoms with Crippen LogP contribution in [0.25, 0.3) is 11.1 Å². The SMILES string of the molecule is COc1ccc(-c2cccnc2Oc2ccc(C(C)F)nc2)c(OC)n1. The second-order valence-corrected chi connectivity index (χ2v) is 5.40. The Morgan fingerprint density at radius 3 is 2.38 bits per heavy atom. The molecule has 26 heavy (non-hydrogen) atoms. The Labute approximate surface area is 150 Å². The molecule has 0 aromatic carbocycles. The lowest BCUT2D eigenvalue weighted by Crippen LogP contribution is -1.98. The van der Waals surface area contributed by atoms with E-state index in [1.54, 1.807) is 30.5 Å². The van der Waals surface area contributed by atoms with Gasteiger partial charge in [-0.15, -0.1) is 0 Å². The van der Waals surface area contributed by atoms with Crippen molar-refractivity contribution in [3.8, 4) is 34.5 Å². The van der Waals surface area contributed by atoms with Gasteiger partial charge in [0.2, 0.25) is 17.6 Å². The van der Waals surface area contributed by atoms with Crippen LogP contribution in [0.5, 0.6) is 23.4 Å². The van der Waals surface area contributed by atoms with Crippen LogP contribution >= 0.6 is 0 Å². The van der Waals surface area contributed by atoms with Crippen molar-refractivity contribution in [2.45, 2.75) is 13.1 Å². The van der Waals surface area contributed by atoms with Crippen molar-refractivity contribution in [3.63, 3.8) is 0 Å². The zero-order valence-electron chi connectivity index (χ0n) is 14.6. The van der Waals surface area contributed by atoms with Gasteiger partial charge in [0.05, 0.1) is 26.1 Å². The van der Waals surface area contributed by atoms with E-state index >= 15 is 0 Å². The van der Waals surface area contributed by atoms with Gasteiger partial charge >= 0.3 is 0 Å². The summed E-state index contributed by atoms with van der Waals surface area (Å²) >= 11 is 0. The monoisotopic (exact) mass is 355 g/mol. The van der Waals surface area contributed by atoms with Gasteiger partial charge in [0.15, 0.2) is 0 Å². The van der Waals surface area contributed by atoms with E-state index in [-0.39, 0.29) is 0 Å². The van der Waals surface area contributed by atoms with Crippen LogP contribution in [-0.2, 0) is 0 Å². The van der Waals surface area contributed by atoms with Gasteiger partial charge in [0.1, 0.15) is 11.9 Å². The molecule has 0 aliphatic heterocycles. The summed E-state index contributed by atoms with van der Waals surface area (Å²) in [7, 11) is 3.07. The summed E-state index contributed by atoms with van der Waals surface area (Å²) in [6, 6.07) is 10.4. The minimum atomic E-state index is -1.14. The maximum Gasteiger partial charge on any atom is 0.227 e. The Hall–Kier alpha value is -3.22. The molecule has 1 atom stereocenters. The molecule has 0 radical (unpaired) electrons. The first-order valence-electron chi connectivity index (χ1n) is 7.94. The average molecular weight is 355 g/mol. The number of methoxy groups -OCH3 is 2. The first-order chi connectivity index (χ1) is 12.6. The lowest BCUT2D eigenvalue weighted by molar-refractivity contribution is 0.364. The van der Waals surface area contributed by atoms with E-state index in [4.69, 9.17) is 14.2 Å². The molecular weight excluding hydrogens is 337 g/mol. The summed E-state index contributed by atoms with van der Waals surface area (Å²) < 4.78 is 29.6. The standard InChI is InChI=1S/C19H18FN3O3/c1-12(20)16-8-6-13(11-22-16)26-18-14(5-4-10-21-18)15-7-9-17(24-2)23-19(15)25-3/h4-12H,1-3H3. The van der Waals surface area contributed by atoms with Gasteiger partial charge < -0.3 is 14.2 Å². The van der Waals surface area contributed by atoms with Crippen LogP contribution in [-0.4, -0.2) is 29.2 Å². The Morgan fingerprint density at radius 2 is 1.73 bits per heavy atom. The largest absolute Gasteiger partial charge is 0.481 e. The number of alkyl halides is 1. The molecule has 0 N–H and O–H groups in total. The highest BCUT2D eigenvalue weighted by Gasteiger charge is 2.15. The quantitative estimate of drug-likeness (QED) is 0.654. The number of pyridine rings is 3. The van der Waals surface area contributed by atoms with Crippen LogP contribution in [0.4, 0.5) is 4.39 Å². The summed E-state index contributed by atoms with van der Waals surface area (Å²) in [5.41, 5.74) is 1.75. The van der Waals surface area contributed by atoms with E-state index in [0.717, 1.165) is 0 Å². The normalized spacial score (nSPS) is 11.7. The predicted molar refractivity (Wildman–Crippen MR) is 94.4 cm³/mol. The third kappa shape index (κ3) is 3.72. The first-order valence-corrected chi connectivity index (χ1v) is 7.94. The third-order valence-corrected chi connectivity index (χ3v) is 3.68. The fraction of sp³-hybridized carbons (Fsp3) is 0.211. The van der Waals surface area contributed by atoms with E-state index in [1.807, 2.05) is 12.1 Å². The topological polar surface area (TPSA) is 66.4 Å². The molecule has 0 aliphatic carbocycles. The Balaban J connectivity index is 1.96. The highest BCUT2D eigenvalue weighted by molar-refractivity contribution is 5.73.